The first-order valence-corrected chi connectivity index (χ1v) is 8.20. The van der Waals surface area contributed by atoms with E-state index in [9.17, 15) is 4.39 Å². The normalized spacial score (nSPS) is 16.2. The summed E-state index contributed by atoms with van der Waals surface area (Å²) in [7, 11) is 2.01. The predicted octanol–water partition coefficient (Wildman–Crippen LogP) is 3.80. The van der Waals surface area contributed by atoms with Crippen molar-refractivity contribution in [1.29, 1.82) is 0 Å². The molecule has 1 aromatic heterocycles. The Morgan fingerprint density at radius 3 is 2.48 bits per heavy atom. The van der Waals surface area contributed by atoms with Crippen molar-refractivity contribution in [3.63, 3.8) is 0 Å². The highest BCUT2D eigenvalue weighted by Gasteiger charge is 2.17. The summed E-state index contributed by atoms with van der Waals surface area (Å²) < 4.78 is 13.1. The lowest BCUT2D eigenvalue weighted by atomic mass is 10.1. The standard InChI is InChI=1S/C18H23FN4/c1-14(15-6-8-16(19)9-7-15)22(2)17-12-18(21-13-20-17)23-10-4-3-5-11-23/h6-9,12-14H,3-5,10-11H2,1-2H3. The molecule has 0 bridgehead atoms. The zero-order valence-electron chi connectivity index (χ0n) is 13.7. The monoisotopic (exact) mass is 314 g/mol. The predicted molar refractivity (Wildman–Crippen MR) is 91.3 cm³/mol. The van der Waals surface area contributed by atoms with Gasteiger partial charge in [-0.15, -0.1) is 0 Å². The summed E-state index contributed by atoms with van der Waals surface area (Å²) in [4.78, 5) is 13.3. The van der Waals surface area contributed by atoms with Gasteiger partial charge in [0.15, 0.2) is 0 Å². The molecule has 0 N–H and O–H groups in total. The number of hydrogen-bond donors (Lipinski definition) is 0. The van der Waals surface area contributed by atoms with Crippen LogP contribution < -0.4 is 9.80 Å². The minimum atomic E-state index is -0.210. The molecule has 122 valence electrons. The number of aromatic nitrogens is 2. The van der Waals surface area contributed by atoms with Gasteiger partial charge in [0.2, 0.25) is 0 Å². The molecule has 0 radical (unpaired) electrons. The highest BCUT2D eigenvalue weighted by molar-refractivity contribution is 5.51. The van der Waals surface area contributed by atoms with E-state index in [1.54, 1.807) is 6.33 Å². The number of halogens is 1. The van der Waals surface area contributed by atoms with Crippen molar-refractivity contribution >= 4 is 11.6 Å². The van der Waals surface area contributed by atoms with Crippen molar-refractivity contribution in [2.75, 3.05) is 29.9 Å². The summed E-state index contributed by atoms with van der Waals surface area (Å²) in [5.41, 5.74) is 1.06. The first kappa shape index (κ1) is 15.7. The minimum Gasteiger partial charge on any atom is -0.356 e. The fraction of sp³-hybridized carbons (Fsp3) is 0.444. The van der Waals surface area contributed by atoms with Crippen LogP contribution in [-0.2, 0) is 0 Å². The Hall–Kier alpha value is -2.17. The third-order valence-corrected chi connectivity index (χ3v) is 4.61. The minimum absolute atomic E-state index is 0.111. The van der Waals surface area contributed by atoms with Gasteiger partial charge < -0.3 is 9.80 Å². The van der Waals surface area contributed by atoms with Gasteiger partial charge in [-0.1, -0.05) is 12.1 Å². The summed E-state index contributed by atoms with van der Waals surface area (Å²) in [6.45, 7) is 4.22. The molecule has 5 heteroatoms. The summed E-state index contributed by atoms with van der Waals surface area (Å²) in [5.74, 6) is 1.67. The molecule has 0 amide bonds. The van der Waals surface area contributed by atoms with E-state index in [-0.39, 0.29) is 11.9 Å². The van der Waals surface area contributed by atoms with E-state index < -0.39 is 0 Å². The van der Waals surface area contributed by atoms with Crippen molar-refractivity contribution in [3.05, 3.63) is 48.0 Å². The zero-order chi connectivity index (χ0) is 16.2. The van der Waals surface area contributed by atoms with Crippen LogP contribution in [0.25, 0.3) is 0 Å². The second kappa shape index (κ2) is 6.94. The first-order valence-electron chi connectivity index (χ1n) is 8.20. The number of piperidine rings is 1. The molecular formula is C18H23FN4. The molecule has 1 fully saturated rings. The Labute approximate surface area is 137 Å². The second-order valence-electron chi connectivity index (χ2n) is 6.12. The maximum atomic E-state index is 13.1. The van der Waals surface area contributed by atoms with E-state index in [4.69, 9.17) is 0 Å². The van der Waals surface area contributed by atoms with Crippen LogP contribution >= 0.6 is 0 Å². The molecular weight excluding hydrogens is 291 g/mol. The van der Waals surface area contributed by atoms with Gasteiger partial charge in [-0.2, -0.15) is 0 Å². The van der Waals surface area contributed by atoms with Gasteiger partial charge in [-0.05, 0) is 43.9 Å². The highest BCUT2D eigenvalue weighted by atomic mass is 19.1. The third-order valence-electron chi connectivity index (χ3n) is 4.61. The highest BCUT2D eigenvalue weighted by Crippen LogP contribution is 2.26. The average Bonchev–Trinajstić information content (AvgIpc) is 2.62. The molecule has 23 heavy (non-hydrogen) atoms. The topological polar surface area (TPSA) is 32.3 Å². The Morgan fingerprint density at radius 1 is 1.09 bits per heavy atom. The van der Waals surface area contributed by atoms with Gasteiger partial charge in [0.1, 0.15) is 23.8 Å². The molecule has 0 spiro atoms. The molecule has 1 unspecified atom stereocenters. The van der Waals surface area contributed by atoms with Gasteiger partial charge >= 0.3 is 0 Å². The van der Waals surface area contributed by atoms with Gasteiger partial charge in [-0.3, -0.25) is 0 Å². The Morgan fingerprint density at radius 2 is 1.78 bits per heavy atom. The zero-order valence-corrected chi connectivity index (χ0v) is 13.7. The second-order valence-corrected chi connectivity index (χ2v) is 6.12. The fourth-order valence-corrected chi connectivity index (χ4v) is 2.99. The number of anilines is 2. The van der Waals surface area contributed by atoms with Crippen molar-refractivity contribution < 1.29 is 4.39 Å². The van der Waals surface area contributed by atoms with E-state index in [0.29, 0.717) is 0 Å². The van der Waals surface area contributed by atoms with Crippen LogP contribution in [0.5, 0.6) is 0 Å². The summed E-state index contributed by atoms with van der Waals surface area (Å²) in [6, 6.07) is 8.80. The van der Waals surface area contributed by atoms with E-state index >= 15 is 0 Å². The molecule has 1 aromatic carbocycles. The number of hydrogen-bond acceptors (Lipinski definition) is 4. The van der Waals surface area contributed by atoms with Crippen molar-refractivity contribution in [1.82, 2.24) is 9.97 Å². The number of rotatable bonds is 4. The van der Waals surface area contributed by atoms with E-state index in [1.807, 2.05) is 25.2 Å². The first-order chi connectivity index (χ1) is 11.1. The summed E-state index contributed by atoms with van der Waals surface area (Å²) in [6.07, 6.45) is 5.38. The van der Waals surface area contributed by atoms with Gasteiger partial charge in [0.25, 0.3) is 0 Å². The average molecular weight is 314 g/mol. The van der Waals surface area contributed by atoms with Crippen molar-refractivity contribution in [3.8, 4) is 0 Å². The number of benzene rings is 1. The molecule has 1 aliphatic rings. The SMILES string of the molecule is CC(c1ccc(F)cc1)N(C)c1cc(N2CCCCC2)ncn1. The van der Waals surface area contributed by atoms with Crippen LogP contribution in [-0.4, -0.2) is 30.1 Å². The summed E-state index contributed by atoms with van der Waals surface area (Å²) in [5, 5.41) is 0. The van der Waals surface area contributed by atoms with Gasteiger partial charge in [0.05, 0.1) is 6.04 Å². The maximum Gasteiger partial charge on any atom is 0.134 e. The summed E-state index contributed by atoms with van der Waals surface area (Å²) >= 11 is 0. The quantitative estimate of drug-likeness (QED) is 0.859. The molecule has 0 saturated carbocycles. The van der Waals surface area contributed by atoms with Crippen molar-refractivity contribution in [2.24, 2.45) is 0 Å². The lowest BCUT2D eigenvalue weighted by Gasteiger charge is -2.30. The van der Waals surface area contributed by atoms with Crippen LogP contribution in [0.1, 0.15) is 37.8 Å². The van der Waals surface area contributed by atoms with Gasteiger partial charge in [0, 0.05) is 26.2 Å². The van der Waals surface area contributed by atoms with E-state index in [0.717, 1.165) is 30.3 Å². The molecule has 3 rings (SSSR count). The third kappa shape index (κ3) is 3.60. The Kier molecular flexibility index (Phi) is 4.74. The van der Waals surface area contributed by atoms with E-state index in [2.05, 4.69) is 26.7 Å². The molecule has 4 nitrogen and oxygen atoms in total. The van der Waals surface area contributed by atoms with Crippen LogP contribution in [0.2, 0.25) is 0 Å². The maximum absolute atomic E-state index is 13.1. The van der Waals surface area contributed by atoms with Crippen LogP contribution in [0.4, 0.5) is 16.0 Å². The largest absolute Gasteiger partial charge is 0.356 e. The molecule has 1 atom stereocenters. The molecule has 1 saturated heterocycles. The van der Waals surface area contributed by atoms with Crippen LogP contribution in [0.3, 0.4) is 0 Å². The number of nitrogens with zero attached hydrogens (tertiary/aromatic N) is 4. The van der Waals surface area contributed by atoms with Crippen molar-refractivity contribution in [2.45, 2.75) is 32.2 Å². The van der Waals surface area contributed by atoms with Crippen LogP contribution in [0, 0.1) is 5.82 Å². The molecule has 1 aliphatic heterocycles. The fourth-order valence-electron chi connectivity index (χ4n) is 2.99. The van der Waals surface area contributed by atoms with Gasteiger partial charge in [-0.25, -0.2) is 14.4 Å². The van der Waals surface area contributed by atoms with E-state index in [1.165, 1.54) is 31.4 Å². The smallest absolute Gasteiger partial charge is 0.134 e. The Balaban J connectivity index is 1.78. The molecule has 0 aliphatic carbocycles. The van der Waals surface area contributed by atoms with Crippen LogP contribution in [0.15, 0.2) is 36.7 Å². The molecule has 2 heterocycles. The lowest BCUT2D eigenvalue weighted by Crippen LogP contribution is -2.30. The Bertz CT molecular complexity index is 638. The lowest BCUT2D eigenvalue weighted by molar-refractivity contribution is 0.572. The molecule has 2 aromatic rings.